The van der Waals surface area contributed by atoms with Crippen LogP contribution in [0.4, 0.5) is 5.69 Å². The smallest absolute Gasteiger partial charge is 0.225 e. The number of nitrogens with one attached hydrogen (secondary N) is 1. The van der Waals surface area contributed by atoms with Crippen LogP contribution in [0.3, 0.4) is 0 Å². The molecule has 0 fully saturated rings. The van der Waals surface area contributed by atoms with E-state index in [1.165, 1.54) is 11.8 Å². The third kappa shape index (κ3) is 5.00. The average molecular weight is 468 g/mol. The molecule has 0 atom stereocenters. The van der Waals surface area contributed by atoms with E-state index in [1.54, 1.807) is 22.9 Å². The zero-order valence-corrected chi connectivity index (χ0v) is 19.1. The van der Waals surface area contributed by atoms with Gasteiger partial charge in [0, 0.05) is 29.4 Å². The van der Waals surface area contributed by atoms with E-state index < -0.39 is 0 Å². The SMILES string of the molecule is C=CCn1c(Cn2nnc3ccccc32)nnc1SCCC(=O)Nc1cc(Cl)ccc1C. The maximum Gasteiger partial charge on any atom is 0.225 e. The van der Waals surface area contributed by atoms with Crippen molar-refractivity contribution in [2.24, 2.45) is 0 Å². The van der Waals surface area contributed by atoms with Crippen LogP contribution >= 0.6 is 23.4 Å². The first kappa shape index (κ1) is 22.0. The minimum absolute atomic E-state index is 0.0769. The van der Waals surface area contributed by atoms with Crippen LogP contribution in [0, 0.1) is 6.92 Å². The number of rotatable bonds is 9. The number of hydrogen-bond donors (Lipinski definition) is 1. The van der Waals surface area contributed by atoms with E-state index in [0.29, 0.717) is 30.3 Å². The monoisotopic (exact) mass is 467 g/mol. The van der Waals surface area contributed by atoms with Gasteiger partial charge in [0.05, 0.1) is 5.52 Å². The fourth-order valence-corrected chi connectivity index (χ4v) is 4.28. The van der Waals surface area contributed by atoms with Crippen LogP contribution in [0.15, 0.2) is 60.3 Å². The highest BCUT2D eigenvalue weighted by Crippen LogP contribution is 2.22. The Morgan fingerprint density at radius 3 is 2.91 bits per heavy atom. The molecule has 2 aromatic carbocycles. The van der Waals surface area contributed by atoms with Gasteiger partial charge in [-0.15, -0.1) is 21.9 Å². The van der Waals surface area contributed by atoms with Crippen LogP contribution in [-0.4, -0.2) is 41.4 Å². The van der Waals surface area contributed by atoms with E-state index in [-0.39, 0.29) is 5.91 Å². The lowest BCUT2D eigenvalue weighted by atomic mass is 10.2. The molecule has 10 heteroatoms. The molecule has 0 aliphatic heterocycles. The second-order valence-corrected chi connectivity index (χ2v) is 8.64. The van der Waals surface area contributed by atoms with Crippen molar-refractivity contribution in [3.05, 3.63) is 71.5 Å². The van der Waals surface area contributed by atoms with Gasteiger partial charge in [0.2, 0.25) is 5.91 Å². The number of aryl methyl sites for hydroxylation is 1. The average Bonchev–Trinajstić information content (AvgIpc) is 3.36. The zero-order valence-electron chi connectivity index (χ0n) is 17.5. The molecule has 0 aliphatic rings. The molecule has 8 nitrogen and oxygen atoms in total. The quantitative estimate of drug-likeness (QED) is 0.291. The molecule has 0 unspecified atom stereocenters. The summed E-state index contributed by atoms with van der Waals surface area (Å²) in [6.07, 6.45) is 2.13. The van der Waals surface area contributed by atoms with Gasteiger partial charge in [0.15, 0.2) is 11.0 Å². The summed E-state index contributed by atoms with van der Waals surface area (Å²) in [6.45, 7) is 6.77. The Bertz CT molecular complexity index is 1270. The minimum Gasteiger partial charge on any atom is -0.326 e. The van der Waals surface area contributed by atoms with E-state index in [2.05, 4.69) is 32.4 Å². The Labute approximate surface area is 194 Å². The maximum atomic E-state index is 12.4. The van der Waals surface area contributed by atoms with Crippen molar-refractivity contribution >= 4 is 46.0 Å². The molecule has 0 saturated heterocycles. The standard InChI is InChI=1S/C22H22ClN7OS/c1-3-11-29-20(14-30-19-7-5-4-6-17(19)25-28-30)26-27-22(29)32-12-10-21(31)24-18-13-16(23)9-8-15(18)2/h3-9,13H,1,10-12,14H2,2H3,(H,24,31). The van der Waals surface area contributed by atoms with Gasteiger partial charge >= 0.3 is 0 Å². The first-order valence-corrected chi connectivity index (χ1v) is 11.4. The lowest BCUT2D eigenvalue weighted by Gasteiger charge is -2.09. The molecule has 0 radical (unpaired) electrons. The molecule has 0 bridgehead atoms. The number of para-hydroxylation sites is 1. The summed E-state index contributed by atoms with van der Waals surface area (Å²) in [5, 5.41) is 21.3. The Balaban J connectivity index is 1.40. The van der Waals surface area contributed by atoms with Crippen LogP contribution in [0.5, 0.6) is 0 Å². The summed E-state index contributed by atoms with van der Waals surface area (Å²) >= 11 is 7.51. The lowest BCUT2D eigenvalue weighted by molar-refractivity contribution is -0.115. The van der Waals surface area contributed by atoms with E-state index in [9.17, 15) is 4.79 Å². The topological polar surface area (TPSA) is 90.5 Å². The van der Waals surface area contributed by atoms with Crippen molar-refractivity contribution in [1.29, 1.82) is 0 Å². The maximum absolute atomic E-state index is 12.4. The van der Waals surface area contributed by atoms with E-state index in [0.717, 1.165) is 33.3 Å². The summed E-state index contributed by atoms with van der Waals surface area (Å²) in [5.41, 5.74) is 3.46. The van der Waals surface area contributed by atoms with Crippen molar-refractivity contribution in [3.8, 4) is 0 Å². The van der Waals surface area contributed by atoms with Gasteiger partial charge in [0.1, 0.15) is 12.1 Å². The molecule has 2 heterocycles. The van der Waals surface area contributed by atoms with Gasteiger partial charge in [-0.25, -0.2) is 4.68 Å². The Hall–Kier alpha value is -3.17. The van der Waals surface area contributed by atoms with E-state index in [1.807, 2.05) is 41.8 Å². The number of thioether (sulfide) groups is 1. The molecular formula is C22H22ClN7OS. The minimum atomic E-state index is -0.0769. The predicted molar refractivity (Wildman–Crippen MR) is 127 cm³/mol. The van der Waals surface area contributed by atoms with Crippen LogP contribution in [-0.2, 0) is 17.9 Å². The van der Waals surface area contributed by atoms with Crippen molar-refractivity contribution in [3.63, 3.8) is 0 Å². The van der Waals surface area contributed by atoms with Crippen molar-refractivity contribution in [2.45, 2.75) is 31.6 Å². The highest BCUT2D eigenvalue weighted by molar-refractivity contribution is 7.99. The van der Waals surface area contributed by atoms with E-state index in [4.69, 9.17) is 11.6 Å². The first-order valence-electron chi connectivity index (χ1n) is 10.0. The summed E-state index contributed by atoms with van der Waals surface area (Å²) in [5.74, 6) is 1.24. The number of anilines is 1. The van der Waals surface area contributed by atoms with Crippen LogP contribution in [0.1, 0.15) is 17.8 Å². The highest BCUT2D eigenvalue weighted by atomic mass is 35.5. The number of carbonyl (C=O) groups excluding carboxylic acids is 1. The van der Waals surface area contributed by atoms with Crippen LogP contribution in [0.25, 0.3) is 11.0 Å². The van der Waals surface area contributed by atoms with Gasteiger partial charge in [0.25, 0.3) is 0 Å². The van der Waals surface area contributed by atoms with Gasteiger partial charge in [-0.3, -0.25) is 4.79 Å². The summed E-state index contributed by atoms with van der Waals surface area (Å²) in [6, 6.07) is 13.2. The second kappa shape index (κ2) is 9.97. The van der Waals surface area contributed by atoms with Crippen molar-refractivity contribution in [1.82, 2.24) is 29.8 Å². The second-order valence-electron chi connectivity index (χ2n) is 7.14. The molecule has 0 aliphatic carbocycles. The predicted octanol–water partition coefficient (Wildman–Crippen LogP) is 4.34. The molecule has 2 aromatic heterocycles. The molecule has 4 rings (SSSR count). The Morgan fingerprint density at radius 1 is 1.22 bits per heavy atom. The number of hydrogen-bond acceptors (Lipinski definition) is 6. The molecule has 32 heavy (non-hydrogen) atoms. The molecular weight excluding hydrogens is 446 g/mol. The first-order chi connectivity index (χ1) is 15.5. The molecule has 4 aromatic rings. The highest BCUT2D eigenvalue weighted by Gasteiger charge is 2.15. The largest absolute Gasteiger partial charge is 0.326 e. The third-order valence-corrected chi connectivity index (χ3v) is 6.05. The fraction of sp³-hybridized carbons (Fsp3) is 0.227. The zero-order chi connectivity index (χ0) is 22.5. The Kier molecular flexibility index (Phi) is 6.87. The summed E-state index contributed by atoms with van der Waals surface area (Å²) in [4.78, 5) is 12.4. The summed E-state index contributed by atoms with van der Waals surface area (Å²) < 4.78 is 3.78. The van der Waals surface area contributed by atoms with Crippen LogP contribution < -0.4 is 5.32 Å². The van der Waals surface area contributed by atoms with Crippen LogP contribution in [0.2, 0.25) is 5.02 Å². The molecule has 164 valence electrons. The number of allylic oxidation sites excluding steroid dienone is 1. The number of fused-ring (bicyclic) bond motifs is 1. The molecule has 0 spiro atoms. The number of carbonyl (C=O) groups is 1. The van der Waals surface area contributed by atoms with Crippen molar-refractivity contribution < 1.29 is 4.79 Å². The number of aromatic nitrogens is 6. The van der Waals surface area contributed by atoms with Gasteiger partial charge in [-0.2, -0.15) is 0 Å². The lowest BCUT2D eigenvalue weighted by Crippen LogP contribution is -2.13. The number of benzene rings is 2. The molecule has 0 saturated carbocycles. The van der Waals surface area contributed by atoms with E-state index >= 15 is 0 Å². The molecule has 1 amide bonds. The number of amides is 1. The van der Waals surface area contributed by atoms with Gasteiger partial charge < -0.3 is 9.88 Å². The Morgan fingerprint density at radius 2 is 2.06 bits per heavy atom. The van der Waals surface area contributed by atoms with Gasteiger partial charge in [-0.1, -0.05) is 52.9 Å². The number of halogens is 1. The number of nitrogens with zero attached hydrogens (tertiary/aromatic N) is 6. The normalized spacial score (nSPS) is 11.1. The third-order valence-electron chi connectivity index (χ3n) is 4.85. The van der Waals surface area contributed by atoms with Crippen molar-refractivity contribution in [2.75, 3.05) is 11.1 Å². The fourth-order valence-electron chi connectivity index (χ4n) is 3.20. The van der Waals surface area contributed by atoms with Gasteiger partial charge in [-0.05, 0) is 36.8 Å². The summed E-state index contributed by atoms with van der Waals surface area (Å²) in [7, 11) is 0. The molecule has 1 N–H and O–H groups in total.